The predicted octanol–water partition coefficient (Wildman–Crippen LogP) is 4.47. The Bertz CT molecular complexity index is 791. The Balaban J connectivity index is 1.64. The molecule has 2 fully saturated rings. The number of rotatable bonds is 4. The Morgan fingerprint density at radius 2 is 2.04 bits per heavy atom. The van der Waals surface area contributed by atoms with Crippen molar-refractivity contribution in [3.05, 3.63) is 48.2 Å². The number of nitrogens with zero attached hydrogens (tertiary/aromatic N) is 1. The van der Waals surface area contributed by atoms with E-state index in [4.69, 9.17) is 0 Å². The van der Waals surface area contributed by atoms with Crippen molar-refractivity contribution in [2.45, 2.75) is 31.6 Å². The topological polar surface area (TPSA) is 42.0 Å². The minimum absolute atomic E-state index is 0.358. The van der Waals surface area contributed by atoms with Crippen molar-refractivity contribution in [1.82, 2.24) is 4.98 Å². The van der Waals surface area contributed by atoms with Gasteiger partial charge in [0.05, 0.1) is 5.69 Å². The molecular formula is C19H18F2N2O. The molecule has 0 saturated heterocycles. The zero-order valence-electron chi connectivity index (χ0n) is 13.3. The quantitative estimate of drug-likeness (QED) is 0.900. The third-order valence-electron chi connectivity index (χ3n) is 4.91. The lowest BCUT2D eigenvalue weighted by molar-refractivity contribution is -0.119. The van der Waals surface area contributed by atoms with E-state index >= 15 is 0 Å². The number of carbonyl (C=O) groups is 1. The van der Waals surface area contributed by atoms with E-state index in [-0.39, 0.29) is 6.42 Å². The van der Waals surface area contributed by atoms with E-state index in [1.807, 2.05) is 30.3 Å². The molecule has 1 heterocycles. The molecule has 0 aliphatic heterocycles. The summed E-state index contributed by atoms with van der Waals surface area (Å²) in [7, 11) is 0. The maximum absolute atomic E-state index is 13.0. The van der Waals surface area contributed by atoms with Crippen molar-refractivity contribution < 1.29 is 13.6 Å². The first-order chi connectivity index (χ1) is 11.5. The lowest BCUT2D eigenvalue weighted by Gasteiger charge is -2.12. The second-order valence-corrected chi connectivity index (χ2v) is 6.84. The van der Waals surface area contributed by atoms with Gasteiger partial charge in [-0.2, -0.15) is 0 Å². The molecule has 2 saturated carbocycles. The molecule has 124 valence electrons. The number of amides is 1. The van der Waals surface area contributed by atoms with Crippen LogP contribution in [0.1, 0.15) is 31.2 Å². The fraction of sp³-hybridized carbons (Fsp3) is 0.368. The normalized spacial score (nSPS) is 26.7. The highest BCUT2D eigenvalue weighted by molar-refractivity contribution is 5.96. The zero-order chi connectivity index (χ0) is 16.9. The second kappa shape index (κ2) is 5.36. The first-order valence-electron chi connectivity index (χ1n) is 8.20. The Morgan fingerprint density at radius 3 is 2.62 bits per heavy atom. The first-order valence-corrected chi connectivity index (χ1v) is 8.20. The number of halogens is 2. The third kappa shape index (κ3) is 2.79. The van der Waals surface area contributed by atoms with Gasteiger partial charge in [-0.25, -0.2) is 8.78 Å². The Hall–Kier alpha value is -2.30. The number of nitrogens with one attached hydrogen (secondary N) is 1. The standard InChI is InChI=1S/C19H18F2N2O/c1-11-8-14(11)13-6-5-12(23-18(24)16-10-19(16,20)21)9-15(13)17-4-2-3-7-22-17/h2-7,9,11,14,16H,8,10H2,1H3,(H,23,24)/t11-,14+,16+/m0/s1. The number of anilines is 1. The summed E-state index contributed by atoms with van der Waals surface area (Å²) in [6.07, 6.45) is 2.51. The van der Waals surface area contributed by atoms with Crippen LogP contribution in [0.5, 0.6) is 0 Å². The number of hydrogen-bond donors (Lipinski definition) is 1. The number of alkyl halides is 2. The Morgan fingerprint density at radius 1 is 1.29 bits per heavy atom. The Kier molecular flexibility index (Phi) is 3.41. The summed E-state index contributed by atoms with van der Waals surface area (Å²) in [6, 6.07) is 11.3. The molecule has 4 rings (SSSR count). The van der Waals surface area contributed by atoms with Gasteiger partial charge in [-0.3, -0.25) is 9.78 Å². The highest BCUT2D eigenvalue weighted by atomic mass is 19.3. The highest BCUT2D eigenvalue weighted by Crippen LogP contribution is 2.51. The summed E-state index contributed by atoms with van der Waals surface area (Å²) in [5.41, 5.74) is 3.54. The molecule has 1 N–H and O–H groups in total. The molecule has 0 bridgehead atoms. The van der Waals surface area contributed by atoms with Crippen LogP contribution >= 0.6 is 0 Å². The molecule has 0 spiro atoms. The maximum Gasteiger partial charge on any atom is 0.260 e. The lowest BCUT2D eigenvalue weighted by atomic mass is 9.98. The van der Waals surface area contributed by atoms with Gasteiger partial charge in [-0.1, -0.05) is 19.1 Å². The van der Waals surface area contributed by atoms with Crippen LogP contribution in [0, 0.1) is 11.8 Å². The molecule has 2 aliphatic rings. The van der Waals surface area contributed by atoms with E-state index < -0.39 is 17.7 Å². The fourth-order valence-electron chi connectivity index (χ4n) is 3.18. The zero-order valence-corrected chi connectivity index (χ0v) is 13.3. The van der Waals surface area contributed by atoms with Crippen LogP contribution in [-0.2, 0) is 4.79 Å². The first kappa shape index (κ1) is 15.2. The van der Waals surface area contributed by atoms with Crippen LogP contribution in [0.3, 0.4) is 0 Å². The van der Waals surface area contributed by atoms with Gasteiger partial charge in [0.25, 0.3) is 5.92 Å². The molecule has 1 aromatic heterocycles. The number of pyridine rings is 1. The van der Waals surface area contributed by atoms with E-state index in [0.29, 0.717) is 17.5 Å². The SMILES string of the molecule is C[C@H]1C[C@H]1c1ccc(NC(=O)[C@H]2CC2(F)F)cc1-c1ccccn1. The van der Waals surface area contributed by atoms with Gasteiger partial charge in [-0.05, 0) is 48.1 Å². The maximum atomic E-state index is 13.0. The van der Waals surface area contributed by atoms with Gasteiger partial charge in [0.2, 0.25) is 5.91 Å². The van der Waals surface area contributed by atoms with Crippen LogP contribution in [0.15, 0.2) is 42.6 Å². The Labute approximate surface area is 139 Å². The van der Waals surface area contributed by atoms with Gasteiger partial charge >= 0.3 is 0 Å². The molecule has 1 aromatic carbocycles. The van der Waals surface area contributed by atoms with Crippen molar-refractivity contribution in [2.75, 3.05) is 5.32 Å². The van der Waals surface area contributed by atoms with E-state index in [2.05, 4.69) is 17.2 Å². The van der Waals surface area contributed by atoms with E-state index in [0.717, 1.165) is 17.7 Å². The molecule has 1 amide bonds. The number of carbonyl (C=O) groups excluding carboxylic acids is 1. The van der Waals surface area contributed by atoms with Crippen molar-refractivity contribution in [3.63, 3.8) is 0 Å². The molecule has 5 heteroatoms. The van der Waals surface area contributed by atoms with Crippen molar-refractivity contribution in [2.24, 2.45) is 11.8 Å². The highest BCUT2D eigenvalue weighted by Gasteiger charge is 2.61. The van der Waals surface area contributed by atoms with Crippen LogP contribution < -0.4 is 5.32 Å². The van der Waals surface area contributed by atoms with Gasteiger partial charge in [0.15, 0.2) is 0 Å². The summed E-state index contributed by atoms with van der Waals surface area (Å²) in [5.74, 6) is -3.52. The van der Waals surface area contributed by atoms with Gasteiger partial charge in [0, 0.05) is 23.9 Å². The molecule has 24 heavy (non-hydrogen) atoms. The number of benzene rings is 1. The van der Waals surface area contributed by atoms with E-state index in [9.17, 15) is 13.6 Å². The summed E-state index contributed by atoms with van der Waals surface area (Å²) < 4.78 is 26.1. The average molecular weight is 328 g/mol. The molecule has 3 atom stereocenters. The molecule has 2 aliphatic carbocycles. The lowest BCUT2D eigenvalue weighted by Crippen LogP contribution is -2.17. The van der Waals surface area contributed by atoms with Crippen LogP contribution in [0.4, 0.5) is 14.5 Å². The molecule has 3 nitrogen and oxygen atoms in total. The predicted molar refractivity (Wildman–Crippen MR) is 87.9 cm³/mol. The van der Waals surface area contributed by atoms with Gasteiger partial charge < -0.3 is 5.32 Å². The van der Waals surface area contributed by atoms with E-state index in [1.54, 1.807) is 12.3 Å². The smallest absolute Gasteiger partial charge is 0.260 e. The molecule has 0 radical (unpaired) electrons. The monoisotopic (exact) mass is 328 g/mol. The summed E-state index contributed by atoms with van der Waals surface area (Å²) >= 11 is 0. The minimum atomic E-state index is -2.85. The summed E-state index contributed by atoms with van der Waals surface area (Å²) in [6.45, 7) is 2.21. The van der Waals surface area contributed by atoms with Crippen molar-refractivity contribution >= 4 is 11.6 Å². The second-order valence-electron chi connectivity index (χ2n) is 6.84. The van der Waals surface area contributed by atoms with E-state index in [1.165, 1.54) is 5.56 Å². The van der Waals surface area contributed by atoms with Crippen molar-refractivity contribution in [3.8, 4) is 11.3 Å². The largest absolute Gasteiger partial charge is 0.326 e. The fourth-order valence-corrected chi connectivity index (χ4v) is 3.18. The summed E-state index contributed by atoms with van der Waals surface area (Å²) in [5, 5.41) is 2.62. The molecule has 2 aromatic rings. The summed E-state index contributed by atoms with van der Waals surface area (Å²) in [4.78, 5) is 16.3. The van der Waals surface area contributed by atoms with Crippen LogP contribution in [0.25, 0.3) is 11.3 Å². The third-order valence-corrected chi connectivity index (χ3v) is 4.91. The number of aromatic nitrogens is 1. The minimum Gasteiger partial charge on any atom is -0.326 e. The van der Waals surface area contributed by atoms with Gasteiger partial charge in [0.1, 0.15) is 5.92 Å². The molecule has 0 unspecified atom stereocenters. The van der Waals surface area contributed by atoms with Crippen LogP contribution in [0.2, 0.25) is 0 Å². The number of hydrogen-bond acceptors (Lipinski definition) is 2. The van der Waals surface area contributed by atoms with Crippen LogP contribution in [-0.4, -0.2) is 16.8 Å². The van der Waals surface area contributed by atoms with Crippen molar-refractivity contribution in [1.29, 1.82) is 0 Å². The molecular weight excluding hydrogens is 310 g/mol. The van der Waals surface area contributed by atoms with Gasteiger partial charge in [-0.15, -0.1) is 0 Å². The average Bonchev–Trinajstić information content (AvgIpc) is 3.45.